The Bertz CT molecular complexity index is 951. The molecule has 0 aliphatic carbocycles. The summed E-state index contributed by atoms with van der Waals surface area (Å²) in [5, 5.41) is 7.27. The second-order valence-electron chi connectivity index (χ2n) is 7.06. The lowest BCUT2D eigenvalue weighted by Crippen LogP contribution is -2.51. The SMILES string of the molecule is O=C(NCc1ccccc1Cn1cccn1)N1CCN(c2ccccc2F)CC1. The molecular weight excluding hydrogens is 369 g/mol. The average molecular weight is 393 g/mol. The molecule has 4 rings (SSSR count). The van der Waals surface area contributed by atoms with Gasteiger partial charge in [-0.3, -0.25) is 4.68 Å². The molecule has 1 saturated heterocycles. The van der Waals surface area contributed by atoms with Gasteiger partial charge in [-0.25, -0.2) is 9.18 Å². The Labute approximate surface area is 169 Å². The first-order valence-corrected chi connectivity index (χ1v) is 9.77. The van der Waals surface area contributed by atoms with Crippen molar-refractivity contribution in [2.24, 2.45) is 0 Å². The van der Waals surface area contributed by atoms with Crippen molar-refractivity contribution < 1.29 is 9.18 Å². The highest BCUT2D eigenvalue weighted by Crippen LogP contribution is 2.20. The fraction of sp³-hybridized carbons (Fsp3) is 0.273. The molecule has 150 valence electrons. The summed E-state index contributed by atoms with van der Waals surface area (Å²) in [6, 6.07) is 16.6. The Hall–Kier alpha value is -3.35. The molecule has 1 fully saturated rings. The van der Waals surface area contributed by atoms with Gasteiger partial charge >= 0.3 is 6.03 Å². The van der Waals surface area contributed by atoms with Gasteiger partial charge in [0.15, 0.2) is 0 Å². The number of carbonyl (C=O) groups is 1. The molecule has 1 aliphatic heterocycles. The van der Waals surface area contributed by atoms with Crippen LogP contribution in [0.4, 0.5) is 14.9 Å². The third kappa shape index (κ3) is 4.56. The first kappa shape index (κ1) is 19.0. The Morgan fingerprint density at radius 1 is 0.966 bits per heavy atom. The first-order chi connectivity index (χ1) is 14.2. The van der Waals surface area contributed by atoms with Crippen molar-refractivity contribution in [2.45, 2.75) is 13.1 Å². The molecular formula is C22H24FN5O. The molecule has 1 N–H and O–H groups in total. The molecule has 7 heteroatoms. The number of benzene rings is 2. The van der Waals surface area contributed by atoms with Gasteiger partial charge in [0.05, 0.1) is 12.2 Å². The van der Waals surface area contributed by atoms with Crippen LogP contribution >= 0.6 is 0 Å². The van der Waals surface area contributed by atoms with Gasteiger partial charge < -0.3 is 15.1 Å². The summed E-state index contributed by atoms with van der Waals surface area (Å²) in [6.07, 6.45) is 3.68. The number of carbonyl (C=O) groups excluding carboxylic acids is 1. The Morgan fingerprint density at radius 3 is 2.41 bits per heavy atom. The van der Waals surface area contributed by atoms with E-state index in [1.54, 1.807) is 23.2 Å². The second-order valence-corrected chi connectivity index (χ2v) is 7.06. The van der Waals surface area contributed by atoms with Gasteiger partial charge in [0.2, 0.25) is 0 Å². The minimum Gasteiger partial charge on any atom is -0.366 e. The molecule has 0 spiro atoms. The van der Waals surface area contributed by atoms with Crippen molar-refractivity contribution in [1.29, 1.82) is 0 Å². The standard InChI is InChI=1S/C22H24FN5O/c23-20-8-3-4-9-21(20)26-12-14-27(15-13-26)22(29)24-16-18-6-1-2-7-19(18)17-28-11-5-10-25-28/h1-11H,12-17H2,(H,24,29). The van der Waals surface area contributed by atoms with Crippen LogP contribution in [-0.4, -0.2) is 46.9 Å². The molecule has 2 aromatic carbocycles. The van der Waals surface area contributed by atoms with Crippen LogP contribution in [0.3, 0.4) is 0 Å². The summed E-state index contributed by atoms with van der Waals surface area (Å²) in [4.78, 5) is 16.4. The minimum atomic E-state index is -0.223. The average Bonchev–Trinajstić information content (AvgIpc) is 3.26. The third-order valence-corrected chi connectivity index (χ3v) is 5.20. The van der Waals surface area contributed by atoms with Gasteiger partial charge in [-0.05, 0) is 29.3 Å². The number of hydrogen-bond acceptors (Lipinski definition) is 3. The smallest absolute Gasteiger partial charge is 0.317 e. The van der Waals surface area contributed by atoms with Gasteiger partial charge in [0.25, 0.3) is 0 Å². The van der Waals surface area contributed by atoms with Crippen LogP contribution in [-0.2, 0) is 13.1 Å². The molecule has 1 aliphatic rings. The molecule has 2 heterocycles. The van der Waals surface area contributed by atoms with E-state index in [0.717, 1.165) is 11.1 Å². The number of hydrogen-bond donors (Lipinski definition) is 1. The lowest BCUT2D eigenvalue weighted by Gasteiger charge is -2.36. The van der Waals surface area contributed by atoms with Gasteiger partial charge in [0, 0.05) is 45.1 Å². The number of anilines is 1. The van der Waals surface area contributed by atoms with E-state index >= 15 is 0 Å². The Morgan fingerprint density at radius 2 is 1.69 bits per heavy atom. The number of rotatable bonds is 5. The summed E-state index contributed by atoms with van der Waals surface area (Å²) in [6.45, 7) is 3.49. The number of halogens is 1. The Kier molecular flexibility index (Phi) is 5.74. The molecule has 6 nitrogen and oxygen atoms in total. The predicted molar refractivity (Wildman–Crippen MR) is 110 cm³/mol. The highest BCUT2D eigenvalue weighted by atomic mass is 19.1. The maximum atomic E-state index is 14.0. The summed E-state index contributed by atoms with van der Waals surface area (Å²) < 4.78 is 15.8. The van der Waals surface area contributed by atoms with Gasteiger partial charge in [-0.1, -0.05) is 36.4 Å². The van der Waals surface area contributed by atoms with Gasteiger partial charge in [-0.15, -0.1) is 0 Å². The maximum Gasteiger partial charge on any atom is 0.317 e. The van der Waals surface area contributed by atoms with Gasteiger partial charge in [-0.2, -0.15) is 5.10 Å². The fourth-order valence-electron chi connectivity index (χ4n) is 3.59. The number of piperazine rings is 1. The first-order valence-electron chi connectivity index (χ1n) is 9.77. The number of nitrogens with one attached hydrogen (secondary N) is 1. The summed E-state index contributed by atoms with van der Waals surface area (Å²) in [5.41, 5.74) is 2.79. The number of para-hydroxylation sites is 1. The zero-order valence-electron chi connectivity index (χ0n) is 16.2. The van der Waals surface area contributed by atoms with E-state index in [1.807, 2.05) is 46.1 Å². The number of urea groups is 1. The third-order valence-electron chi connectivity index (χ3n) is 5.20. The van der Waals surface area contributed by atoms with E-state index < -0.39 is 0 Å². The van der Waals surface area contributed by atoms with Crippen LogP contribution in [0, 0.1) is 5.82 Å². The van der Waals surface area contributed by atoms with E-state index in [1.165, 1.54) is 6.07 Å². The molecule has 0 radical (unpaired) electrons. The van der Waals surface area contributed by atoms with E-state index in [9.17, 15) is 9.18 Å². The fourth-order valence-corrected chi connectivity index (χ4v) is 3.59. The molecule has 0 bridgehead atoms. The monoisotopic (exact) mass is 393 g/mol. The highest BCUT2D eigenvalue weighted by Gasteiger charge is 2.22. The number of nitrogens with zero attached hydrogens (tertiary/aromatic N) is 4. The summed E-state index contributed by atoms with van der Waals surface area (Å²) in [7, 11) is 0. The zero-order chi connectivity index (χ0) is 20.1. The van der Waals surface area contributed by atoms with Crippen molar-refractivity contribution in [1.82, 2.24) is 20.0 Å². The van der Waals surface area contributed by atoms with Crippen LogP contribution in [0.2, 0.25) is 0 Å². The molecule has 29 heavy (non-hydrogen) atoms. The predicted octanol–water partition coefficient (Wildman–Crippen LogP) is 3.10. The minimum absolute atomic E-state index is 0.0907. The van der Waals surface area contributed by atoms with E-state index in [-0.39, 0.29) is 11.8 Å². The van der Waals surface area contributed by atoms with Crippen LogP contribution in [0.25, 0.3) is 0 Å². The van der Waals surface area contributed by atoms with E-state index in [2.05, 4.69) is 16.5 Å². The van der Waals surface area contributed by atoms with Crippen molar-refractivity contribution in [2.75, 3.05) is 31.1 Å². The lowest BCUT2D eigenvalue weighted by atomic mass is 10.1. The molecule has 0 atom stereocenters. The topological polar surface area (TPSA) is 53.4 Å². The molecule has 0 unspecified atom stereocenters. The quantitative estimate of drug-likeness (QED) is 0.725. The summed E-state index contributed by atoms with van der Waals surface area (Å²) >= 11 is 0. The van der Waals surface area contributed by atoms with E-state index in [4.69, 9.17) is 0 Å². The molecule has 0 saturated carbocycles. The lowest BCUT2D eigenvalue weighted by molar-refractivity contribution is 0.194. The van der Waals surface area contributed by atoms with Crippen LogP contribution < -0.4 is 10.2 Å². The highest BCUT2D eigenvalue weighted by molar-refractivity contribution is 5.74. The van der Waals surface area contributed by atoms with E-state index in [0.29, 0.717) is 45.0 Å². The maximum absolute atomic E-state index is 14.0. The van der Waals surface area contributed by atoms with Crippen LogP contribution in [0.5, 0.6) is 0 Å². The van der Waals surface area contributed by atoms with Crippen molar-refractivity contribution in [3.8, 4) is 0 Å². The number of aromatic nitrogens is 2. The summed E-state index contributed by atoms with van der Waals surface area (Å²) in [5.74, 6) is -0.223. The molecule has 2 amide bonds. The van der Waals surface area contributed by atoms with Gasteiger partial charge in [0.1, 0.15) is 5.82 Å². The largest absolute Gasteiger partial charge is 0.366 e. The van der Waals surface area contributed by atoms with Crippen molar-refractivity contribution in [3.63, 3.8) is 0 Å². The second kappa shape index (κ2) is 8.77. The van der Waals surface area contributed by atoms with Crippen molar-refractivity contribution in [3.05, 3.63) is 83.9 Å². The van der Waals surface area contributed by atoms with Crippen LogP contribution in [0.15, 0.2) is 67.0 Å². The molecule has 3 aromatic rings. The normalized spacial score (nSPS) is 14.1. The zero-order valence-corrected chi connectivity index (χ0v) is 16.2. The van der Waals surface area contributed by atoms with Crippen molar-refractivity contribution >= 4 is 11.7 Å². The molecule has 1 aromatic heterocycles. The Balaban J connectivity index is 1.31. The number of amides is 2. The van der Waals surface area contributed by atoms with Crippen LogP contribution in [0.1, 0.15) is 11.1 Å².